The van der Waals surface area contributed by atoms with Gasteiger partial charge in [-0.25, -0.2) is 9.59 Å². The molecular formula is C20H32Cl3N3O10. The Bertz CT molecular complexity index is 686. The molecule has 2 heterocycles. The number of alkyl halides is 2. The van der Waals surface area contributed by atoms with Gasteiger partial charge in [0.15, 0.2) is 0 Å². The first-order valence-electron chi connectivity index (χ1n) is 10.9. The van der Waals surface area contributed by atoms with Crippen molar-refractivity contribution in [3.05, 3.63) is 0 Å². The number of imide groups is 2. The van der Waals surface area contributed by atoms with E-state index in [1.807, 2.05) is 0 Å². The minimum atomic E-state index is -1.10. The number of hydrogen-bond donors (Lipinski definition) is 1. The van der Waals surface area contributed by atoms with Crippen LogP contribution in [-0.4, -0.2) is 100 Å². The van der Waals surface area contributed by atoms with Crippen LogP contribution in [0.2, 0.25) is 0 Å². The number of halogens is 3. The first-order valence-corrected chi connectivity index (χ1v) is 12.3. The summed E-state index contributed by atoms with van der Waals surface area (Å²) in [5.41, 5.74) is -0.805. The van der Waals surface area contributed by atoms with Crippen LogP contribution in [-0.2, 0) is 33.5 Å². The molecule has 0 spiro atoms. The molecule has 0 aromatic rings. The lowest BCUT2D eigenvalue weighted by atomic mass is 10.4. The molecule has 0 atom stereocenters. The van der Waals surface area contributed by atoms with E-state index in [0.717, 1.165) is 0 Å². The van der Waals surface area contributed by atoms with Crippen molar-refractivity contribution in [3.63, 3.8) is 0 Å². The second-order valence-electron chi connectivity index (χ2n) is 6.45. The Morgan fingerprint density at radius 2 is 1.19 bits per heavy atom. The van der Waals surface area contributed by atoms with Gasteiger partial charge < -0.3 is 14.4 Å². The van der Waals surface area contributed by atoms with E-state index in [2.05, 4.69) is 40.0 Å². The molecule has 0 aliphatic carbocycles. The maximum atomic E-state index is 10.9. The van der Waals surface area contributed by atoms with E-state index < -0.39 is 35.2 Å². The number of amides is 4. The van der Waals surface area contributed by atoms with Crippen LogP contribution < -0.4 is 0 Å². The molecule has 0 aromatic carbocycles. The van der Waals surface area contributed by atoms with Gasteiger partial charge in [0.05, 0.1) is 11.8 Å². The fourth-order valence-corrected chi connectivity index (χ4v) is 2.47. The number of hydroxylamine groups is 4. The summed E-state index contributed by atoms with van der Waals surface area (Å²) in [5.74, 6) is -1.68. The zero-order valence-corrected chi connectivity index (χ0v) is 22.6. The molecular weight excluding hydrogens is 549 g/mol. The smallest absolute Gasteiger partial charge is 0.452 e. The summed E-state index contributed by atoms with van der Waals surface area (Å²) in [6.07, 6.45) is -0.692. The van der Waals surface area contributed by atoms with Crippen molar-refractivity contribution in [2.75, 3.05) is 44.6 Å². The average Bonchev–Trinajstić information content (AvgIpc) is 3.33. The molecule has 13 nitrogen and oxygen atoms in total. The zero-order valence-electron chi connectivity index (χ0n) is 20.4. The first-order chi connectivity index (χ1) is 17.0. The summed E-state index contributed by atoms with van der Waals surface area (Å²) < 4.78 is 8.60. The standard InChI is InChI=1S/C7H8ClNO5.C6H15N.C4H5NO3.C3H4Cl2O2/c8-3-4-13-7(12)14-9-5(10)1-2-6(9)11;1-4-7(5-2)6-3;6-3-1-2-4(7)5(3)8;4-1-2-7-3(5)6/h1-4H2;4-6H2,1-3H3;8H,1-2H2;1-2H2. The summed E-state index contributed by atoms with van der Waals surface area (Å²) in [6.45, 7) is 10.3. The molecule has 36 heavy (non-hydrogen) atoms. The third-order valence-electron chi connectivity index (χ3n) is 4.13. The normalized spacial score (nSPS) is 14.3. The van der Waals surface area contributed by atoms with Gasteiger partial charge in [-0.15, -0.1) is 23.2 Å². The molecule has 2 aliphatic rings. The maximum absolute atomic E-state index is 10.9. The second kappa shape index (κ2) is 22.0. The lowest BCUT2D eigenvalue weighted by Gasteiger charge is -2.13. The number of carbonyl (C=O) groups is 6. The Labute approximate surface area is 224 Å². The van der Waals surface area contributed by atoms with Gasteiger partial charge in [-0.05, 0) is 19.6 Å². The van der Waals surface area contributed by atoms with Crippen molar-refractivity contribution in [2.45, 2.75) is 46.5 Å². The van der Waals surface area contributed by atoms with Crippen LogP contribution in [0.1, 0.15) is 46.5 Å². The van der Waals surface area contributed by atoms with Crippen LogP contribution in [0.15, 0.2) is 0 Å². The predicted octanol–water partition coefficient (Wildman–Crippen LogP) is 2.92. The molecule has 2 saturated heterocycles. The SMILES string of the molecule is CCN(CC)CC.O=C(Cl)OCCCl.O=C(OCCCl)ON1C(=O)CCC1=O.O=C1CCC(=O)N1O. The van der Waals surface area contributed by atoms with Crippen LogP contribution in [0.4, 0.5) is 9.59 Å². The molecule has 2 aliphatic heterocycles. The molecule has 16 heteroatoms. The van der Waals surface area contributed by atoms with Crippen LogP contribution >= 0.6 is 34.8 Å². The Hall–Kier alpha value is -2.19. The van der Waals surface area contributed by atoms with Crippen molar-refractivity contribution < 1.29 is 48.3 Å². The predicted molar refractivity (Wildman–Crippen MR) is 128 cm³/mol. The lowest BCUT2D eigenvalue weighted by Crippen LogP contribution is -2.32. The van der Waals surface area contributed by atoms with E-state index in [1.54, 1.807) is 0 Å². The van der Waals surface area contributed by atoms with E-state index in [1.165, 1.54) is 19.6 Å². The van der Waals surface area contributed by atoms with Crippen molar-refractivity contribution in [3.8, 4) is 0 Å². The third-order valence-corrected chi connectivity index (χ3v) is 4.55. The summed E-state index contributed by atoms with van der Waals surface area (Å²) in [7, 11) is 0. The highest BCUT2D eigenvalue weighted by molar-refractivity contribution is 6.61. The molecule has 4 amide bonds. The number of carbonyl (C=O) groups excluding carboxylic acids is 6. The van der Waals surface area contributed by atoms with Crippen LogP contribution in [0.5, 0.6) is 0 Å². The Balaban J connectivity index is 0. The minimum Gasteiger partial charge on any atom is -0.452 e. The highest BCUT2D eigenvalue weighted by atomic mass is 35.5. The Morgan fingerprint density at radius 1 is 0.806 bits per heavy atom. The number of ether oxygens (including phenoxy) is 2. The van der Waals surface area contributed by atoms with Crippen molar-refractivity contribution in [1.29, 1.82) is 0 Å². The summed E-state index contributed by atoms with van der Waals surface area (Å²) in [5, 5.41) is 8.98. The van der Waals surface area contributed by atoms with Crippen LogP contribution in [0.3, 0.4) is 0 Å². The average molecular weight is 581 g/mol. The lowest BCUT2D eigenvalue weighted by molar-refractivity contribution is -0.177. The number of nitrogens with zero attached hydrogens (tertiary/aromatic N) is 3. The minimum absolute atomic E-state index is 0.0311. The van der Waals surface area contributed by atoms with Gasteiger partial charge in [0.25, 0.3) is 23.6 Å². The maximum Gasteiger partial charge on any atom is 0.533 e. The van der Waals surface area contributed by atoms with Crippen LogP contribution in [0, 0.1) is 0 Å². The molecule has 2 rings (SSSR count). The van der Waals surface area contributed by atoms with Crippen molar-refractivity contribution in [2.24, 2.45) is 0 Å². The molecule has 0 radical (unpaired) electrons. The van der Waals surface area contributed by atoms with Gasteiger partial charge in [0.1, 0.15) is 13.2 Å². The Morgan fingerprint density at radius 3 is 1.44 bits per heavy atom. The summed E-state index contributed by atoms with van der Waals surface area (Å²) in [6, 6.07) is 0. The van der Waals surface area contributed by atoms with E-state index in [4.69, 9.17) is 40.0 Å². The van der Waals surface area contributed by atoms with Gasteiger partial charge in [-0.1, -0.05) is 25.8 Å². The zero-order chi connectivity index (χ0) is 28.1. The van der Waals surface area contributed by atoms with E-state index >= 15 is 0 Å². The topological polar surface area (TPSA) is 160 Å². The molecule has 1 N–H and O–H groups in total. The fourth-order valence-electron chi connectivity index (χ4n) is 2.24. The molecule has 0 aromatic heterocycles. The fraction of sp³-hybridized carbons (Fsp3) is 0.700. The Kier molecular flexibility index (Phi) is 22.0. The molecule has 208 valence electrons. The van der Waals surface area contributed by atoms with Gasteiger partial charge in [0, 0.05) is 37.3 Å². The van der Waals surface area contributed by atoms with Crippen molar-refractivity contribution >= 4 is 70.0 Å². The van der Waals surface area contributed by atoms with Crippen molar-refractivity contribution in [1.82, 2.24) is 15.0 Å². The van der Waals surface area contributed by atoms with Crippen LogP contribution in [0.25, 0.3) is 0 Å². The van der Waals surface area contributed by atoms with Gasteiger partial charge in [-0.2, -0.15) is 5.06 Å². The van der Waals surface area contributed by atoms with Gasteiger partial charge >= 0.3 is 11.6 Å². The van der Waals surface area contributed by atoms with Gasteiger partial charge in [0.2, 0.25) is 0 Å². The first kappa shape index (κ1) is 36.0. The van der Waals surface area contributed by atoms with E-state index in [0.29, 0.717) is 10.9 Å². The van der Waals surface area contributed by atoms with E-state index in [9.17, 15) is 28.8 Å². The highest BCUT2D eigenvalue weighted by Crippen LogP contribution is 2.12. The largest absolute Gasteiger partial charge is 0.533 e. The summed E-state index contributed by atoms with van der Waals surface area (Å²) in [4.78, 5) is 69.6. The number of hydrogen-bond acceptors (Lipinski definition) is 11. The quantitative estimate of drug-likeness (QED) is 0.148. The summed E-state index contributed by atoms with van der Waals surface area (Å²) >= 11 is 15.1. The molecule has 0 unspecified atom stereocenters. The highest BCUT2D eigenvalue weighted by Gasteiger charge is 2.33. The monoisotopic (exact) mass is 579 g/mol. The molecule has 0 saturated carbocycles. The van der Waals surface area contributed by atoms with Gasteiger partial charge in [-0.3, -0.25) is 29.2 Å². The molecule has 0 bridgehead atoms. The second-order valence-corrected chi connectivity index (χ2v) is 7.52. The third kappa shape index (κ3) is 17.3. The van der Waals surface area contributed by atoms with E-state index in [-0.39, 0.29) is 49.8 Å². The number of rotatable bonds is 8. The molecule has 2 fully saturated rings.